The van der Waals surface area contributed by atoms with Gasteiger partial charge >= 0.3 is 0 Å². The van der Waals surface area contributed by atoms with Gasteiger partial charge in [-0.1, -0.05) is 12.2 Å². The molecule has 0 radical (unpaired) electrons. The maximum absolute atomic E-state index is 12.9. The largest absolute Gasteiger partial charge is 0.396 e. The van der Waals surface area contributed by atoms with Crippen LogP contribution < -0.4 is 0 Å². The van der Waals surface area contributed by atoms with Gasteiger partial charge in [0, 0.05) is 6.61 Å². The Morgan fingerprint density at radius 1 is 1.29 bits per heavy atom. The average molecular weight is 194 g/mol. The van der Waals surface area contributed by atoms with Gasteiger partial charge in [0.25, 0.3) is 0 Å². The van der Waals surface area contributed by atoms with Crippen molar-refractivity contribution in [1.29, 1.82) is 0 Å². The van der Waals surface area contributed by atoms with Crippen LogP contribution in [0.25, 0.3) is 6.08 Å². The van der Waals surface area contributed by atoms with Crippen molar-refractivity contribution >= 4 is 6.08 Å². The van der Waals surface area contributed by atoms with Crippen molar-refractivity contribution in [3.05, 3.63) is 40.7 Å². The lowest BCUT2D eigenvalue weighted by Crippen LogP contribution is -1.89. The zero-order valence-electron chi connectivity index (χ0n) is 8.55. The van der Waals surface area contributed by atoms with Crippen LogP contribution in [0.5, 0.6) is 0 Å². The highest BCUT2D eigenvalue weighted by Gasteiger charge is 2.01. The maximum Gasteiger partial charge on any atom is 0.123 e. The predicted octanol–water partition coefficient (Wildman–Crippen LogP) is 2.84. The number of aliphatic hydroxyl groups is 1. The Hall–Kier alpha value is -1.15. The lowest BCUT2D eigenvalue weighted by atomic mass is 10.0. The van der Waals surface area contributed by atoms with Gasteiger partial charge in [-0.2, -0.15) is 0 Å². The lowest BCUT2D eigenvalue weighted by molar-refractivity contribution is 0.303. The summed E-state index contributed by atoms with van der Waals surface area (Å²) in [5.41, 5.74) is 2.90. The predicted molar refractivity (Wildman–Crippen MR) is 56.6 cm³/mol. The molecule has 0 aliphatic heterocycles. The van der Waals surface area contributed by atoms with E-state index in [1.807, 2.05) is 26.0 Å². The topological polar surface area (TPSA) is 20.2 Å². The molecule has 0 aromatic heterocycles. The summed E-state index contributed by atoms with van der Waals surface area (Å²) in [4.78, 5) is 0. The number of rotatable bonds is 3. The van der Waals surface area contributed by atoms with E-state index in [1.165, 1.54) is 12.1 Å². The fraction of sp³-hybridized carbons (Fsp3) is 0.333. The van der Waals surface area contributed by atoms with Crippen LogP contribution in [0, 0.1) is 19.7 Å². The van der Waals surface area contributed by atoms with Gasteiger partial charge in [-0.25, -0.2) is 4.39 Å². The smallest absolute Gasteiger partial charge is 0.123 e. The van der Waals surface area contributed by atoms with Crippen LogP contribution in [-0.2, 0) is 0 Å². The Kier molecular flexibility index (Phi) is 3.84. The SMILES string of the molecule is Cc1cc(F)cc(C)c1C=CCCO. The summed E-state index contributed by atoms with van der Waals surface area (Å²) in [5.74, 6) is -0.195. The second-order valence-corrected chi connectivity index (χ2v) is 3.37. The second-order valence-electron chi connectivity index (χ2n) is 3.37. The molecule has 76 valence electrons. The summed E-state index contributed by atoms with van der Waals surface area (Å²) in [6, 6.07) is 3.04. The van der Waals surface area contributed by atoms with Gasteiger partial charge in [0.1, 0.15) is 5.82 Å². The summed E-state index contributed by atoms with van der Waals surface area (Å²) in [6.45, 7) is 3.92. The zero-order valence-corrected chi connectivity index (χ0v) is 8.55. The van der Waals surface area contributed by atoms with Crippen LogP contribution in [0.2, 0.25) is 0 Å². The number of hydrogen-bond acceptors (Lipinski definition) is 1. The number of aliphatic hydroxyl groups excluding tert-OH is 1. The third-order valence-corrected chi connectivity index (χ3v) is 2.14. The molecule has 0 heterocycles. The summed E-state index contributed by atoms with van der Waals surface area (Å²) >= 11 is 0. The van der Waals surface area contributed by atoms with Crippen LogP contribution in [0.4, 0.5) is 4.39 Å². The van der Waals surface area contributed by atoms with Crippen molar-refractivity contribution in [3.8, 4) is 0 Å². The highest BCUT2D eigenvalue weighted by Crippen LogP contribution is 2.17. The molecule has 0 spiro atoms. The van der Waals surface area contributed by atoms with Crippen LogP contribution in [0.15, 0.2) is 18.2 Å². The Morgan fingerprint density at radius 3 is 2.36 bits per heavy atom. The number of halogens is 1. The standard InChI is InChI=1S/C12H15FO/c1-9-7-11(13)8-10(2)12(9)5-3-4-6-14/h3,5,7-8,14H,4,6H2,1-2H3. The Balaban J connectivity index is 2.96. The minimum absolute atomic E-state index is 0.149. The molecule has 0 bridgehead atoms. The van der Waals surface area contributed by atoms with Crippen LogP contribution in [0.3, 0.4) is 0 Å². The third kappa shape index (κ3) is 2.67. The molecule has 0 amide bonds. The quantitative estimate of drug-likeness (QED) is 0.784. The first-order valence-corrected chi connectivity index (χ1v) is 4.69. The molecular formula is C12H15FO. The van der Waals surface area contributed by atoms with E-state index in [0.717, 1.165) is 16.7 Å². The third-order valence-electron chi connectivity index (χ3n) is 2.14. The summed E-state index contributed by atoms with van der Waals surface area (Å²) in [6.07, 6.45) is 4.46. The lowest BCUT2D eigenvalue weighted by Gasteiger charge is -2.05. The minimum atomic E-state index is -0.195. The van der Waals surface area contributed by atoms with Crippen molar-refractivity contribution in [2.24, 2.45) is 0 Å². The fourth-order valence-corrected chi connectivity index (χ4v) is 1.46. The van der Waals surface area contributed by atoms with Gasteiger partial charge in [0.05, 0.1) is 0 Å². The first-order valence-electron chi connectivity index (χ1n) is 4.69. The van der Waals surface area contributed by atoms with Gasteiger partial charge in [-0.15, -0.1) is 0 Å². The van der Waals surface area contributed by atoms with Gasteiger partial charge in [0.2, 0.25) is 0 Å². The van der Waals surface area contributed by atoms with E-state index in [0.29, 0.717) is 6.42 Å². The molecule has 14 heavy (non-hydrogen) atoms. The van der Waals surface area contributed by atoms with Gasteiger partial charge in [-0.05, 0) is 49.1 Å². The van der Waals surface area contributed by atoms with Crippen LogP contribution in [0.1, 0.15) is 23.1 Å². The van der Waals surface area contributed by atoms with E-state index in [-0.39, 0.29) is 12.4 Å². The Labute approximate surface area is 83.9 Å². The molecule has 1 nitrogen and oxygen atoms in total. The molecule has 0 saturated heterocycles. The number of benzene rings is 1. The summed E-state index contributed by atoms with van der Waals surface area (Å²) in [5, 5.41) is 8.62. The van der Waals surface area contributed by atoms with Gasteiger partial charge in [0.15, 0.2) is 0 Å². The molecule has 1 aromatic carbocycles. The van der Waals surface area contributed by atoms with E-state index in [2.05, 4.69) is 0 Å². The highest BCUT2D eigenvalue weighted by molar-refractivity contribution is 5.57. The molecule has 2 heteroatoms. The van der Waals surface area contributed by atoms with Crippen molar-refractivity contribution in [3.63, 3.8) is 0 Å². The van der Waals surface area contributed by atoms with Crippen LogP contribution in [-0.4, -0.2) is 11.7 Å². The van der Waals surface area contributed by atoms with Crippen molar-refractivity contribution in [1.82, 2.24) is 0 Å². The van der Waals surface area contributed by atoms with E-state index >= 15 is 0 Å². The van der Waals surface area contributed by atoms with Crippen LogP contribution >= 0.6 is 0 Å². The number of aryl methyl sites for hydroxylation is 2. The van der Waals surface area contributed by atoms with Gasteiger partial charge < -0.3 is 5.11 Å². The molecule has 1 aromatic rings. The molecule has 0 unspecified atom stereocenters. The van der Waals surface area contributed by atoms with E-state index in [1.54, 1.807) is 0 Å². The molecule has 1 N–H and O–H groups in total. The molecule has 0 saturated carbocycles. The molecule has 0 fully saturated rings. The first kappa shape index (κ1) is 10.9. The fourth-order valence-electron chi connectivity index (χ4n) is 1.46. The Bertz CT molecular complexity index is 319. The molecule has 0 aliphatic rings. The molecule has 1 rings (SSSR count). The summed E-state index contributed by atoms with van der Waals surface area (Å²) < 4.78 is 12.9. The van der Waals surface area contributed by atoms with Crippen molar-refractivity contribution in [2.45, 2.75) is 20.3 Å². The number of hydrogen-bond donors (Lipinski definition) is 1. The van der Waals surface area contributed by atoms with Crippen molar-refractivity contribution < 1.29 is 9.50 Å². The average Bonchev–Trinajstić information content (AvgIpc) is 2.09. The molecule has 0 aliphatic carbocycles. The zero-order chi connectivity index (χ0) is 10.6. The normalized spacial score (nSPS) is 11.1. The monoisotopic (exact) mass is 194 g/mol. The Morgan fingerprint density at radius 2 is 1.86 bits per heavy atom. The second kappa shape index (κ2) is 4.91. The van der Waals surface area contributed by atoms with E-state index in [9.17, 15) is 4.39 Å². The summed E-state index contributed by atoms with van der Waals surface area (Å²) in [7, 11) is 0. The van der Waals surface area contributed by atoms with Crippen molar-refractivity contribution in [2.75, 3.05) is 6.61 Å². The molecular weight excluding hydrogens is 179 g/mol. The van der Waals surface area contributed by atoms with Gasteiger partial charge in [-0.3, -0.25) is 0 Å². The highest BCUT2D eigenvalue weighted by atomic mass is 19.1. The maximum atomic E-state index is 12.9. The first-order chi connectivity index (χ1) is 6.65. The minimum Gasteiger partial charge on any atom is -0.396 e. The van der Waals surface area contributed by atoms with E-state index in [4.69, 9.17) is 5.11 Å². The van der Waals surface area contributed by atoms with E-state index < -0.39 is 0 Å². The molecule has 0 atom stereocenters.